The van der Waals surface area contributed by atoms with Gasteiger partial charge in [-0.25, -0.2) is 8.78 Å². The van der Waals surface area contributed by atoms with Gasteiger partial charge in [0.25, 0.3) is 0 Å². The minimum absolute atomic E-state index is 0.0491. The van der Waals surface area contributed by atoms with Crippen molar-refractivity contribution in [2.75, 3.05) is 39.3 Å². The smallest absolute Gasteiger partial charge is 0.227 e. The summed E-state index contributed by atoms with van der Waals surface area (Å²) in [6, 6.07) is 3.75. The lowest BCUT2D eigenvalue weighted by atomic mass is 9.62. The van der Waals surface area contributed by atoms with E-state index in [1.165, 1.54) is 44.2 Å². The summed E-state index contributed by atoms with van der Waals surface area (Å²) in [6.07, 6.45) is 8.35. The molecule has 0 N–H and O–H groups in total. The Labute approximate surface area is 234 Å². The van der Waals surface area contributed by atoms with Crippen LogP contribution in [0.3, 0.4) is 0 Å². The van der Waals surface area contributed by atoms with Crippen LogP contribution in [0.2, 0.25) is 0 Å². The van der Waals surface area contributed by atoms with Crippen LogP contribution in [0, 0.1) is 28.9 Å². The van der Waals surface area contributed by atoms with Crippen LogP contribution in [-0.4, -0.2) is 71.3 Å². The Morgan fingerprint density at radius 3 is 2.21 bits per heavy atom. The molecule has 7 heteroatoms. The van der Waals surface area contributed by atoms with Gasteiger partial charge in [0.05, 0.1) is 5.92 Å². The van der Waals surface area contributed by atoms with Crippen molar-refractivity contribution >= 4 is 11.8 Å². The van der Waals surface area contributed by atoms with Crippen LogP contribution in [0.15, 0.2) is 18.2 Å². The molecule has 1 saturated carbocycles. The second-order valence-corrected chi connectivity index (χ2v) is 13.2. The highest BCUT2D eigenvalue weighted by atomic mass is 19.1. The van der Waals surface area contributed by atoms with E-state index >= 15 is 0 Å². The molecule has 1 aromatic carbocycles. The van der Waals surface area contributed by atoms with Crippen molar-refractivity contribution in [3.63, 3.8) is 0 Å². The Hall–Kier alpha value is -2.02. The molecule has 2 heterocycles. The molecule has 39 heavy (non-hydrogen) atoms. The summed E-state index contributed by atoms with van der Waals surface area (Å²) in [6.45, 7) is 14.3. The summed E-state index contributed by atoms with van der Waals surface area (Å²) in [7, 11) is 0. The van der Waals surface area contributed by atoms with Crippen LogP contribution in [0.5, 0.6) is 0 Å². The molecule has 0 bridgehead atoms. The quantitative estimate of drug-likeness (QED) is 0.408. The Bertz CT molecular complexity index is 1010. The van der Waals surface area contributed by atoms with Crippen LogP contribution in [0.4, 0.5) is 8.78 Å². The molecule has 3 aliphatic rings. The number of benzene rings is 1. The van der Waals surface area contributed by atoms with Crippen LogP contribution >= 0.6 is 0 Å². The molecular weight excluding hydrogens is 496 g/mol. The fourth-order valence-corrected chi connectivity index (χ4v) is 7.56. The van der Waals surface area contributed by atoms with E-state index in [1.807, 2.05) is 23.6 Å². The summed E-state index contributed by atoms with van der Waals surface area (Å²) in [4.78, 5) is 33.6. The molecular formula is C32H49F2N3O2. The number of rotatable bonds is 7. The zero-order valence-corrected chi connectivity index (χ0v) is 24.8. The highest BCUT2D eigenvalue weighted by Crippen LogP contribution is 2.49. The number of halogens is 2. The summed E-state index contributed by atoms with van der Waals surface area (Å²) in [5.41, 5.74) is 0.221. The number of nitrogens with zero attached hydrogens (tertiary/aromatic N) is 3. The number of carbonyl (C=O) groups excluding carboxylic acids is 2. The van der Waals surface area contributed by atoms with Gasteiger partial charge in [0.2, 0.25) is 11.8 Å². The van der Waals surface area contributed by atoms with Gasteiger partial charge < -0.3 is 9.80 Å². The van der Waals surface area contributed by atoms with Crippen molar-refractivity contribution in [1.82, 2.24) is 14.7 Å². The van der Waals surface area contributed by atoms with Gasteiger partial charge in [-0.3, -0.25) is 14.5 Å². The zero-order chi connectivity index (χ0) is 28.4. The number of amides is 2. The first-order chi connectivity index (χ1) is 18.5. The van der Waals surface area contributed by atoms with Crippen molar-refractivity contribution in [2.24, 2.45) is 17.3 Å². The third kappa shape index (κ3) is 6.49. The first-order valence-corrected chi connectivity index (χ1v) is 15.3. The van der Waals surface area contributed by atoms with Crippen molar-refractivity contribution < 1.29 is 18.4 Å². The van der Waals surface area contributed by atoms with Gasteiger partial charge in [0.15, 0.2) is 0 Å². The van der Waals surface area contributed by atoms with Crippen LogP contribution < -0.4 is 0 Å². The maximum absolute atomic E-state index is 14.9. The maximum atomic E-state index is 14.9. The number of hydrogen-bond acceptors (Lipinski definition) is 3. The van der Waals surface area contributed by atoms with Crippen molar-refractivity contribution in [2.45, 2.75) is 97.4 Å². The van der Waals surface area contributed by atoms with Gasteiger partial charge in [-0.05, 0) is 83.3 Å². The standard InChI is InChI=1S/C32H49F2N3O2/c1-6-35(7-2)29(38)20-32(23-11-9-8-10-12-23)15-17-36(18-16-32)30(39)27-22-37(31(3,4)5)21-26(27)25-14-13-24(33)19-28(25)34/h13-14,19,23,26-27H,6-12,15-18,20-22H2,1-5H3/t26-,27?/m0/s1. The second kappa shape index (κ2) is 12.2. The molecule has 0 radical (unpaired) electrons. The Morgan fingerprint density at radius 1 is 1.00 bits per heavy atom. The minimum atomic E-state index is -0.598. The van der Waals surface area contributed by atoms with Crippen LogP contribution in [0.25, 0.3) is 0 Å². The average molecular weight is 546 g/mol. The molecule has 2 atom stereocenters. The first kappa shape index (κ1) is 30.0. The molecule has 2 amide bonds. The van der Waals surface area contributed by atoms with Gasteiger partial charge in [-0.1, -0.05) is 25.3 Å². The highest BCUT2D eigenvalue weighted by Gasteiger charge is 2.48. The molecule has 1 aliphatic carbocycles. The van der Waals surface area contributed by atoms with Gasteiger partial charge in [0.1, 0.15) is 11.6 Å². The molecule has 218 valence electrons. The fraction of sp³-hybridized carbons (Fsp3) is 0.750. The summed E-state index contributed by atoms with van der Waals surface area (Å²) in [5, 5.41) is 0. The Kier molecular flexibility index (Phi) is 9.40. The normalized spacial score (nSPS) is 24.6. The fourth-order valence-electron chi connectivity index (χ4n) is 7.56. The molecule has 3 fully saturated rings. The van der Waals surface area contributed by atoms with E-state index < -0.39 is 11.6 Å². The van der Waals surface area contributed by atoms with Crippen LogP contribution in [-0.2, 0) is 9.59 Å². The Morgan fingerprint density at radius 2 is 1.64 bits per heavy atom. The first-order valence-electron chi connectivity index (χ1n) is 15.3. The van der Waals surface area contributed by atoms with Gasteiger partial charge in [-0.2, -0.15) is 0 Å². The van der Waals surface area contributed by atoms with Crippen molar-refractivity contribution in [3.05, 3.63) is 35.4 Å². The summed E-state index contributed by atoms with van der Waals surface area (Å²) >= 11 is 0. The Balaban J connectivity index is 1.53. The van der Waals surface area contributed by atoms with E-state index in [-0.39, 0.29) is 34.6 Å². The second-order valence-electron chi connectivity index (χ2n) is 13.2. The minimum Gasteiger partial charge on any atom is -0.343 e. The summed E-state index contributed by atoms with van der Waals surface area (Å²) < 4.78 is 28.6. The van der Waals surface area contributed by atoms with E-state index in [1.54, 1.807) is 0 Å². The topological polar surface area (TPSA) is 43.9 Å². The highest BCUT2D eigenvalue weighted by molar-refractivity contribution is 5.81. The average Bonchev–Trinajstić information content (AvgIpc) is 3.36. The molecule has 1 aromatic rings. The lowest BCUT2D eigenvalue weighted by Gasteiger charge is -2.48. The van der Waals surface area contributed by atoms with E-state index in [0.717, 1.165) is 32.0 Å². The number of piperidine rings is 1. The predicted octanol–water partition coefficient (Wildman–Crippen LogP) is 6.23. The number of likely N-dealkylation sites (tertiary alicyclic amines) is 2. The van der Waals surface area contributed by atoms with Gasteiger partial charge >= 0.3 is 0 Å². The predicted molar refractivity (Wildman–Crippen MR) is 151 cm³/mol. The van der Waals surface area contributed by atoms with E-state index in [4.69, 9.17) is 0 Å². The summed E-state index contributed by atoms with van der Waals surface area (Å²) in [5.74, 6) is -1.00. The zero-order valence-electron chi connectivity index (χ0n) is 24.8. The van der Waals surface area contributed by atoms with E-state index in [0.29, 0.717) is 44.1 Å². The molecule has 5 nitrogen and oxygen atoms in total. The molecule has 2 saturated heterocycles. The largest absolute Gasteiger partial charge is 0.343 e. The third-order valence-electron chi connectivity index (χ3n) is 10.1. The van der Waals surface area contributed by atoms with E-state index in [2.05, 4.69) is 25.7 Å². The molecule has 0 spiro atoms. The lowest BCUT2D eigenvalue weighted by Crippen LogP contribution is -2.51. The molecule has 4 rings (SSSR count). The lowest BCUT2D eigenvalue weighted by molar-refractivity contribution is -0.141. The van der Waals surface area contributed by atoms with Crippen molar-refractivity contribution in [1.29, 1.82) is 0 Å². The maximum Gasteiger partial charge on any atom is 0.227 e. The van der Waals surface area contributed by atoms with Crippen LogP contribution in [0.1, 0.15) is 97.5 Å². The van der Waals surface area contributed by atoms with E-state index in [9.17, 15) is 18.4 Å². The molecule has 1 unspecified atom stereocenters. The molecule has 0 aromatic heterocycles. The SMILES string of the molecule is CCN(CC)C(=O)CC1(C2CCCCC2)CCN(C(=O)C2CN(C(C)(C)C)C[C@H]2c2ccc(F)cc2F)CC1. The monoisotopic (exact) mass is 545 g/mol. The van der Waals surface area contributed by atoms with Gasteiger partial charge in [-0.15, -0.1) is 0 Å². The van der Waals surface area contributed by atoms with Gasteiger partial charge in [0, 0.05) is 63.2 Å². The third-order valence-corrected chi connectivity index (χ3v) is 10.1. The van der Waals surface area contributed by atoms with Crippen molar-refractivity contribution in [3.8, 4) is 0 Å². The number of hydrogen-bond donors (Lipinski definition) is 0. The number of carbonyl (C=O) groups is 2. The molecule has 2 aliphatic heterocycles.